The van der Waals surface area contributed by atoms with Gasteiger partial charge in [0.2, 0.25) is 8.32 Å². The van der Waals surface area contributed by atoms with Crippen molar-refractivity contribution in [1.82, 2.24) is 0 Å². The lowest BCUT2D eigenvalue weighted by molar-refractivity contribution is -0.132. The molecule has 0 radical (unpaired) electrons. The van der Waals surface area contributed by atoms with Crippen LogP contribution in [0.1, 0.15) is 121 Å². The molecule has 1 N–H and O–H groups in total. The van der Waals surface area contributed by atoms with E-state index in [9.17, 15) is 9.90 Å². The first kappa shape index (κ1) is 34.9. The average Bonchev–Trinajstić information content (AvgIpc) is 3.14. The summed E-state index contributed by atoms with van der Waals surface area (Å²) in [5.41, 5.74) is 4.51. The lowest BCUT2D eigenvalue weighted by atomic mass is 9.54. The zero-order valence-corrected chi connectivity index (χ0v) is 32.7. The van der Waals surface area contributed by atoms with Gasteiger partial charge in [-0.15, -0.1) is 0 Å². The largest absolute Gasteiger partial charge is 0.543 e. The second-order valence-electron chi connectivity index (χ2n) is 17.5. The quantitative estimate of drug-likeness (QED) is 0.254. The summed E-state index contributed by atoms with van der Waals surface area (Å²) in [6, 6.07) is 6.48. The predicted octanol–water partition coefficient (Wildman–Crippen LogP) is 9.95. The predicted molar refractivity (Wildman–Crippen MR) is 189 cm³/mol. The number of Topliss-reactive ketones (excluding diaryl/α,β-unsaturated/α-hetero) is 1. The summed E-state index contributed by atoms with van der Waals surface area (Å²) in [7, 11) is -4.43. The molecule has 0 spiro atoms. The van der Waals surface area contributed by atoms with Crippen molar-refractivity contribution in [3.05, 3.63) is 34.9 Å². The highest BCUT2D eigenvalue weighted by Crippen LogP contribution is 2.68. The minimum Gasteiger partial charge on any atom is -0.543 e. The Morgan fingerprint density at radius 1 is 0.844 bits per heavy atom. The van der Waals surface area contributed by atoms with Crippen LogP contribution >= 0.6 is 0 Å². The van der Waals surface area contributed by atoms with Crippen molar-refractivity contribution >= 4 is 22.4 Å². The van der Waals surface area contributed by atoms with Crippen molar-refractivity contribution < 1.29 is 23.5 Å². The molecule has 2 fully saturated rings. The van der Waals surface area contributed by atoms with Gasteiger partial charge in [-0.2, -0.15) is 0 Å². The topological polar surface area (TPSA) is 65.0 Å². The zero-order valence-electron chi connectivity index (χ0n) is 30.7. The molecule has 1 aromatic rings. The molecule has 5 rings (SSSR count). The van der Waals surface area contributed by atoms with Crippen molar-refractivity contribution in [2.75, 3.05) is 6.61 Å². The van der Waals surface area contributed by atoms with E-state index < -0.39 is 22.2 Å². The van der Waals surface area contributed by atoms with Crippen molar-refractivity contribution in [2.24, 2.45) is 17.3 Å². The fourth-order valence-electron chi connectivity index (χ4n) is 11.4. The van der Waals surface area contributed by atoms with Crippen LogP contribution in [-0.4, -0.2) is 45.8 Å². The normalized spacial score (nSPS) is 29.3. The Morgan fingerprint density at radius 2 is 1.38 bits per heavy atom. The number of hydrogen-bond donors (Lipinski definition) is 1. The van der Waals surface area contributed by atoms with Crippen molar-refractivity contribution in [3.8, 4) is 11.5 Å². The fourth-order valence-corrected chi connectivity index (χ4v) is 22.3. The number of rotatable bonds is 10. The van der Waals surface area contributed by atoms with Gasteiger partial charge in [-0.25, -0.2) is 0 Å². The number of carbonyl (C=O) groups is 1. The summed E-state index contributed by atoms with van der Waals surface area (Å²) >= 11 is 0. The molecule has 3 aliphatic carbocycles. The molecule has 4 aliphatic rings. The Morgan fingerprint density at radius 3 is 1.89 bits per heavy atom. The lowest BCUT2D eigenvalue weighted by Crippen LogP contribution is -2.59. The van der Waals surface area contributed by atoms with E-state index in [4.69, 9.17) is 13.6 Å². The van der Waals surface area contributed by atoms with Gasteiger partial charge in [-0.1, -0.05) is 103 Å². The van der Waals surface area contributed by atoms with Crippen LogP contribution in [0.5, 0.6) is 11.5 Å². The van der Waals surface area contributed by atoms with E-state index in [-0.39, 0.29) is 41.5 Å². The van der Waals surface area contributed by atoms with E-state index in [1.807, 2.05) is 0 Å². The molecular weight excluding hydrogens is 593 g/mol. The Labute approximate surface area is 276 Å². The number of aliphatic hydroxyl groups is 1. The van der Waals surface area contributed by atoms with E-state index in [1.165, 1.54) is 0 Å². The van der Waals surface area contributed by atoms with Crippen LogP contribution in [0.3, 0.4) is 0 Å². The van der Waals surface area contributed by atoms with Gasteiger partial charge in [0, 0.05) is 35.5 Å². The van der Waals surface area contributed by atoms with Crippen LogP contribution in [0.4, 0.5) is 0 Å². The molecule has 1 aliphatic heterocycles. The molecule has 1 heterocycles. The second-order valence-corrected chi connectivity index (χ2v) is 28.3. The lowest BCUT2D eigenvalue weighted by Gasteiger charge is -2.54. The molecule has 0 unspecified atom stereocenters. The zero-order chi connectivity index (χ0) is 33.6. The third-order valence-corrected chi connectivity index (χ3v) is 25.2. The third-order valence-electron chi connectivity index (χ3n) is 13.1. The molecule has 0 saturated heterocycles. The van der Waals surface area contributed by atoms with E-state index >= 15 is 0 Å². The Bertz CT molecular complexity index is 1300. The van der Waals surface area contributed by atoms with Gasteiger partial charge in [0.25, 0.3) is 8.32 Å². The smallest absolute Gasteiger partial charge is 0.258 e. The summed E-state index contributed by atoms with van der Waals surface area (Å²) < 4.78 is 21.1. The Kier molecular flexibility index (Phi) is 9.02. The number of fused-ring (bicyclic) bond motifs is 4. The van der Waals surface area contributed by atoms with Crippen molar-refractivity contribution in [3.63, 3.8) is 0 Å². The van der Waals surface area contributed by atoms with Gasteiger partial charge in [-0.3, -0.25) is 4.79 Å². The maximum absolute atomic E-state index is 14.0. The molecule has 5 atom stereocenters. The van der Waals surface area contributed by atoms with Crippen LogP contribution in [0.15, 0.2) is 29.3 Å². The van der Waals surface area contributed by atoms with Crippen LogP contribution in [0.2, 0.25) is 33.2 Å². The summed E-state index contributed by atoms with van der Waals surface area (Å²) in [6.45, 7) is 32.8. The minimum atomic E-state index is -2.31. The fraction of sp³-hybridized carbons (Fsp3) is 0.763. The van der Waals surface area contributed by atoms with E-state index in [2.05, 4.69) is 115 Å². The first-order valence-electron chi connectivity index (χ1n) is 17.9. The molecule has 45 heavy (non-hydrogen) atoms. The van der Waals surface area contributed by atoms with Gasteiger partial charge in [-0.05, 0) is 62.6 Å². The van der Waals surface area contributed by atoms with Gasteiger partial charge in [0.15, 0.2) is 5.78 Å². The molecule has 2 bridgehead atoms. The number of benzene rings is 1. The summed E-state index contributed by atoms with van der Waals surface area (Å²) in [6.07, 6.45) is 0.410. The summed E-state index contributed by atoms with van der Waals surface area (Å²) in [4.78, 5) is 14.0. The summed E-state index contributed by atoms with van der Waals surface area (Å²) in [5, 5.41) is 12.4. The molecule has 252 valence electrons. The number of hydrogen-bond acceptors (Lipinski definition) is 5. The first-order valence-corrected chi connectivity index (χ1v) is 22.2. The molecule has 1 aromatic carbocycles. The number of ketones is 1. The SMILES string of the molecule is CC(C)[Si](Oc1ccc2c(c1)OCC1=C3C(=O)C[C@]4(O)C[C@@H]([C@H]3[C@H]4O[Si](C(C)C)(C(C)C)C(C)C)C(C)(C)[C@@H]12)(C(C)C)C(C)C. The monoisotopic (exact) mass is 654 g/mol. The van der Waals surface area contributed by atoms with Crippen LogP contribution in [0.25, 0.3) is 0 Å². The summed E-state index contributed by atoms with van der Waals surface area (Å²) in [5.74, 6) is 1.98. The first-order chi connectivity index (χ1) is 20.8. The molecule has 5 nitrogen and oxygen atoms in total. The van der Waals surface area contributed by atoms with Crippen molar-refractivity contribution in [1.29, 1.82) is 0 Å². The van der Waals surface area contributed by atoms with E-state index in [1.54, 1.807) is 0 Å². The maximum Gasteiger partial charge on any atom is 0.258 e. The standard InChI is InChI=1S/C38H62O5Si2/c1-21(2)44(22(3)4,23(5)6)42-27-15-16-28-32(17-27)41-20-29-33-31(39)19-38(40)18-30(37(13,14)35(28)29)34(33)36(38)43-45(24(7)8,25(9)10)26(11)12/h15-17,21-26,30,34-36,40H,18-20H2,1-14H3/t30-,34+,35+,36+,38+/m0/s1. The molecule has 0 aromatic heterocycles. The molecule has 7 heteroatoms. The third kappa shape index (κ3) is 4.99. The highest BCUT2D eigenvalue weighted by molar-refractivity contribution is 6.78. The maximum atomic E-state index is 14.0. The van der Waals surface area contributed by atoms with Gasteiger partial charge in [0.05, 0.1) is 11.7 Å². The average molecular weight is 655 g/mol. The minimum absolute atomic E-state index is 0.0567. The molecule has 2 saturated carbocycles. The highest BCUT2D eigenvalue weighted by atomic mass is 28.4. The highest BCUT2D eigenvalue weighted by Gasteiger charge is 2.69. The van der Waals surface area contributed by atoms with E-state index in [0.29, 0.717) is 46.3 Å². The van der Waals surface area contributed by atoms with E-state index in [0.717, 1.165) is 28.2 Å². The van der Waals surface area contributed by atoms with Gasteiger partial charge in [0.1, 0.15) is 18.1 Å². The number of ether oxygens (including phenoxy) is 1. The van der Waals surface area contributed by atoms with Crippen LogP contribution < -0.4 is 9.16 Å². The van der Waals surface area contributed by atoms with Crippen molar-refractivity contribution in [2.45, 2.75) is 161 Å². The number of carbonyl (C=O) groups excluding carboxylic acids is 1. The van der Waals surface area contributed by atoms with Gasteiger partial charge < -0.3 is 18.7 Å². The second kappa shape index (κ2) is 11.6. The molecular formula is C38H62O5Si2. The Balaban J connectivity index is 1.59. The Hall–Kier alpha value is -1.42. The molecule has 0 amide bonds. The van der Waals surface area contributed by atoms with Gasteiger partial charge >= 0.3 is 0 Å². The van der Waals surface area contributed by atoms with Crippen LogP contribution in [0, 0.1) is 17.3 Å². The van der Waals surface area contributed by atoms with Crippen LogP contribution in [-0.2, 0) is 9.22 Å².